The number of rotatable bonds is 3. The van der Waals surface area contributed by atoms with E-state index in [0.717, 1.165) is 31.4 Å². The van der Waals surface area contributed by atoms with Gasteiger partial charge in [-0.1, -0.05) is 27.7 Å². The Kier molecular flexibility index (Phi) is 2.70. The van der Waals surface area contributed by atoms with Crippen LogP contribution in [0.25, 0.3) is 0 Å². The van der Waals surface area contributed by atoms with Crippen molar-refractivity contribution in [3.63, 3.8) is 0 Å². The van der Waals surface area contributed by atoms with Crippen molar-refractivity contribution in [2.45, 2.75) is 71.4 Å². The summed E-state index contributed by atoms with van der Waals surface area (Å²) in [7, 11) is 0. The Morgan fingerprint density at radius 1 is 1.42 bits per heavy atom. The smallest absolute Gasteiger partial charge is 0.431 e. The fraction of sp³-hybridized carbons (Fsp3) is 0.867. The number of hydrazone groups is 1. The van der Waals surface area contributed by atoms with E-state index in [9.17, 15) is 4.79 Å². The van der Waals surface area contributed by atoms with Crippen LogP contribution in [0.5, 0.6) is 0 Å². The molecule has 0 radical (unpaired) electrons. The number of hydrogen-bond donors (Lipinski definition) is 0. The molecule has 4 heteroatoms. The first-order chi connectivity index (χ1) is 8.97. The van der Waals surface area contributed by atoms with Crippen molar-refractivity contribution in [1.29, 1.82) is 0 Å². The van der Waals surface area contributed by atoms with Gasteiger partial charge in [-0.05, 0) is 43.4 Å². The van der Waals surface area contributed by atoms with E-state index in [2.05, 4.69) is 32.8 Å². The van der Waals surface area contributed by atoms with Gasteiger partial charge in [0.1, 0.15) is 11.6 Å². The van der Waals surface area contributed by atoms with Gasteiger partial charge in [0.15, 0.2) is 0 Å². The van der Waals surface area contributed by atoms with Crippen LogP contribution in [0, 0.1) is 11.3 Å². The molecule has 4 nitrogen and oxygen atoms in total. The first-order valence-electron chi connectivity index (χ1n) is 7.54. The number of carbonyl (C=O) groups excluding carboxylic acids is 1. The van der Waals surface area contributed by atoms with Crippen molar-refractivity contribution in [2.24, 2.45) is 16.4 Å². The second-order valence-electron chi connectivity index (χ2n) is 6.67. The maximum Gasteiger partial charge on any atom is 0.431 e. The van der Waals surface area contributed by atoms with Crippen LogP contribution in [0.2, 0.25) is 0 Å². The molecule has 3 aliphatic rings. The van der Waals surface area contributed by atoms with E-state index in [0.29, 0.717) is 5.92 Å². The largest absolute Gasteiger partial charge is 0.442 e. The number of amides is 1. The molecule has 106 valence electrons. The maximum atomic E-state index is 12.2. The predicted molar refractivity (Wildman–Crippen MR) is 74.0 cm³/mol. The summed E-state index contributed by atoms with van der Waals surface area (Å²) in [5.74, 6) is 0.662. The summed E-state index contributed by atoms with van der Waals surface area (Å²) in [4.78, 5) is 12.2. The Morgan fingerprint density at radius 3 is 2.68 bits per heavy atom. The number of fused-ring (bicyclic) bond motifs is 1. The van der Waals surface area contributed by atoms with Crippen LogP contribution in [-0.4, -0.2) is 28.5 Å². The highest BCUT2D eigenvalue weighted by molar-refractivity contribution is 5.85. The average Bonchev–Trinajstić information content (AvgIpc) is 2.88. The van der Waals surface area contributed by atoms with E-state index in [1.807, 2.05) is 0 Å². The molecule has 0 unspecified atom stereocenters. The molecule has 0 aromatic carbocycles. The number of carbonyl (C=O) groups is 1. The molecule has 0 aromatic rings. The molecule has 3 rings (SSSR count). The van der Waals surface area contributed by atoms with E-state index >= 15 is 0 Å². The second-order valence-corrected chi connectivity index (χ2v) is 6.67. The summed E-state index contributed by atoms with van der Waals surface area (Å²) >= 11 is 0. The van der Waals surface area contributed by atoms with Crippen molar-refractivity contribution < 1.29 is 9.53 Å². The van der Waals surface area contributed by atoms with Crippen LogP contribution in [0.15, 0.2) is 5.10 Å². The van der Waals surface area contributed by atoms with Gasteiger partial charge in [-0.2, -0.15) is 10.1 Å². The van der Waals surface area contributed by atoms with E-state index < -0.39 is 0 Å². The van der Waals surface area contributed by atoms with Gasteiger partial charge in [-0.15, -0.1) is 0 Å². The Bertz CT molecular complexity index is 437. The predicted octanol–water partition coefficient (Wildman–Crippen LogP) is 3.56. The average molecular weight is 264 g/mol. The maximum absolute atomic E-state index is 12.2. The van der Waals surface area contributed by atoms with Crippen LogP contribution in [0.3, 0.4) is 0 Å². The topological polar surface area (TPSA) is 41.9 Å². The third-order valence-electron chi connectivity index (χ3n) is 5.89. The van der Waals surface area contributed by atoms with E-state index in [1.54, 1.807) is 5.01 Å². The molecule has 0 aromatic heterocycles. The molecule has 2 saturated carbocycles. The number of nitrogens with zero attached hydrogens (tertiary/aromatic N) is 2. The SMILES string of the molecule is CCC(CC)=NN1C(=O)O[C@@H]2C[C@H]3CC[C@@]21C3(C)C. The molecule has 3 fully saturated rings. The molecule has 0 N–H and O–H groups in total. The molecule has 2 aliphatic carbocycles. The van der Waals surface area contributed by atoms with Crippen LogP contribution in [0.1, 0.15) is 59.8 Å². The summed E-state index contributed by atoms with van der Waals surface area (Å²) in [6.45, 7) is 8.76. The zero-order valence-electron chi connectivity index (χ0n) is 12.4. The van der Waals surface area contributed by atoms with Gasteiger partial charge >= 0.3 is 6.09 Å². The fourth-order valence-corrected chi connectivity index (χ4v) is 4.53. The summed E-state index contributed by atoms with van der Waals surface area (Å²) in [5.41, 5.74) is 1.00. The Balaban J connectivity index is 2.04. The summed E-state index contributed by atoms with van der Waals surface area (Å²) < 4.78 is 5.63. The third-order valence-corrected chi connectivity index (χ3v) is 5.89. The molecule has 1 saturated heterocycles. The summed E-state index contributed by atoms with van der Waals surface area (Å²) in [5, 5.41) is 6.39. The van der Waals surface area contributed by atoms with Crippen molar-refractivity contribution >= 4 is 11.8 Å². The van der Waals surface area contributed by atoms with Gasteiger partial charge < -0.3 is 4.74 Å². The molecule has 1 heterocycles. The van der Waals surface area contributed by atoms with E-state index in [4.69, 9.17) is 4.74 Å². The van der Waals surface area contributed by atoms with Crippen molar-refractivity contribution in [3.05, 3.63) is 0 Å². The highest BCUT2D eigenvalue weighted by atomic mass is 16.6. The lowest BCUT2D eigenvalue weighted by molar-refractivity contribution is 0.0568. The van der Waals surface area contributed by atoms with E-state index in [1.165, 1.54) is 6.42 Å². The van der Waals surface area contributed by atoms with Gasteiger partial charge in [0.2, 0.25) is 0 Å². The van der Waals surface area contributed by atoms with E-state index in [-0.39, 0.29) is 23.2 Å². The molecule has 1 spiro atoms. The minimum atomic E-state index is -0.238. The minimum Gasteiger partial charge on any atom is -0.442 e. The normalized spacial score (nSPS) is 38.3. The Hall–Kier alpha value is -1.06. The second kappa shape index (κ2) is 3.97. The van der Waals surface area contributed by atoms with Gasteiger partial charge in [0.25, 0.3) is 0 Å². The first-order valence-corrected chi connectivity index (χ1v) is 7.54. The lowest BCUT2D eigenvalue weighted by atomic mass is 9.75. The van der Waals surface area contributed by atoms with Gasteiger partial charge in [-0.3, -0.25) is 0 Å². The van der Waals surface area contributed by atoms with Gasteiger partial charge in [0.05, 0.1) is 0 Å². The standard InChI is InChI=1S/C15H24N2O2/c1-5-11(6-2)16-17-13(18)19-12-9-10-7-8-15(12,17)14(10,3)4/h10,12H,5-9H2,1-4H3/t10-,12-,15+/m1/s1. The zero-order chi connectivity index (χ0) is 13.8. The quantitative estimate of drug-likeness (QED) is 0.731. The molecular formula is C15H24N2O2. The molecular weight excluding hydrogens is 240 g/mol. The number of hydrogen-bond acceptors (Lipinski definition) is 3. The van der Waals surface area contributed by atoms with Crippen LogP contribution in [0.4, 0.5) is 4.79 Å². The monoisotopic (exact) mass is 264 g/mol. The van der Waals surface area contributed by atoms with Crippen molar-refractivity contribution in [2.75, 3.05) is 0 Å². The number of ether oxygens (including phenoxy) is 1. The van der Waals surface area contributed by atoms with Crippen LogP contribution in [-0.2, 0) is 4.74 Å². The molecule has 3 atom stereocenters. The highest BCUT2D eigenvalue weighted by Gasteiger charge is 2.73. The van der Waals surface area contributed by atoms with Crippen LogP contribution < -0.4 is 0 Å². The third kappa shape index (κ3) is 1.40. The van der Waals surface area contributed by atoms with Crippen molar-refractivity contribution in [3.8, 4) is 0 Å². The van der Waals surface area contributed by atoms with Gasteiger partial charge in [0, 0.05) is 5.71 Å². The summed E-state index contributed by atoms with van der Waals surface area (Å²) in [6.07, 6.45) is 4.84. The minimum absolute atomic E-state index is 0.0486. The summed E-state index contributed by atoms with van der Waals surface area (Å²) in [6, 6.07) is 0. The molecule has 1 aliphatic heterocycles. The lowest BCUT2D eigenvalue weighted by Gasteiger charge is -2.39. The van der Waals surface area contributed by atoms with Crippen LogP contribution >= 0.6 is 0 Å². The zero-order valence-corrected chi connectivity index (χ0v) is 12.4. The molecule has 1 amide bonds. The lowest BCUT2D eigenvalue weighted by Crippen LogP contribution is -2.53. The fourth-order valence-electron chi connectivity index (χ4n) is 4.53. The Labute approximate surface area is 115 Å². The Morgan fingerprint density at radius 2 is 2.11 bits per heavy atom. The van der Waals surface area contributed by atoms with Gasteiger partial charge in [-0.25, -0.2) is 4.79 Å². The highest BCUT2D eigenvalue weighted by Crippen LogP contribution is 2.65. The first kappa shape index (κ1) is 12.9. The molecule has 19 heavy (non-hydrogen) atoms. The molecule has 2 bridgehead atoms. The van der Waals surface area contributed by atoms with Crippen molar-refractivity contribution in [1.82, 2.24) is 5.01 Å².